The summed E-state index contributed by atoms with van der Waals surface area (Å²) in [6.45, 7) is 2.18. The fourth-order valence-electron chi connectivity index (χ4n) is 3.00. The molecule has 2 aromatic carbocycles. The predicted molar refractivity (Wildman–Crippen MR) is 110 cm³/mol. The second kappa shape index (κ2) is 8.72. The van der Waals surface area contributed by atoms with Gasteiger partial charge in [-0.25, -0.2) is 5.06 Å². The molecule has 0 saturated carbocycles. The van der Waals surface area contributed by atoms with Crippen LogP contribution in [0.3, 0.4) is 0 Å². The summed E-state index contributed by atoms with van der Waals surface area (Å²) in [6, 6.07) is 15.6. The number of aliphatic imine (C=N–C) groups is 1. The zero-order valence-electron chi connectivity index (χ0n) is 15.0. The van der Waals surface area contributed by atoms with Crippen molar-refractivity contribution < 1.29 is 4.84 Å². The van der Waals surface area contributed by atoms with E-state index in [9.17, 15) is 0 Å². The van der Waals surface area contributed by atoms with Gasteiger partial charge in [-0.15, -0.1) is 0 Å². The van der Waals surface area contributed by atoms with Crippen molar-refractivity contribution in [3.63, 3.8) is 0 Å². The standard InChI is InChI=1S/C21H22Cl2N2O/c1-3-4-5-21-24-19(15-6-10-17(22)11-7-15)14-20(25(21)26-2)16-8-12-18(23)13-9-16/h6-14,21H,3-5H2,1-2H3. The number of hydrogen-bond acceptors (Lipinski definition) is 3. The molecule has 1 atom stereocenters. The Balaban J connectivity index is 2.04. The molecular weight excluding hydrogens is 367 g/mol. The van der Waals surface area contributed by atoms with Crippen LogP contribution in [-0.4, -0.2) is 24.1 Å². The van der Waals surface area contributed by atoms with Gasteiger partial charge in [0.25, 0.3) is 0 Å². The molecule has 136 valence electrons. The van der Waals surface area contributed by atoms with Crippen molar-refractivity contribution in [3.8, 4) is 0 Å². The molecule has 0 saturated heterocycles. The zero-order valence-corrected chi connectivity index (χ0v) is 16.5. The molecule has 0 aliphatic carbocycles. The van der Waals surface area contributed by atoms with E-state index in [1.54, 1.807) is 7.11 Å². The highest BCUT2D eigenvalue weighted by molar-refractivity contribution is 6.31. The van der Waals surface area contributed by atoms with Crippen molar-refractivity contribution in [2.24, 2.45) is 4.99 Å². The van der Waals surface area contributed by atoms with E-state index in [4.69, 9.17) is 33.0 Å². The summed E-state index contributed by atoms with van der Waals surface area (Å²) in [7, 11) is 1.69. The summed E-state index contributed by atoms with van der Waals surface area (Å²) in [5.74, 6) is 0. The van der Waals surface area contributed by atoms with Crippen LogP contribution in [0.25, 0.3) is 5.70 Å². The van der Waals surface area contributed by atoms with Gasteiger partial charge in [-0.3, -0.25) is 9.83 Å². The van der Waals surface area contributed by atoms with Crippen LogP contribution in [0.1, 0.15) is 37.3 Å². The molecule has 2 aromatic rings. The summed E-state index contributed by atoms with van der Waals surface area (Å²) in [4.78, 5) is 10.6. The molecule has 1 unspecified atom stereocenters. The molecule has 3 rings (SSSR count). The number of unbranched alkanes of at least 4 members (excludes halogenated alkanes) is 1. The van der Waals surface area contributed by atoms with Gasteiger partial charge in [0.1, 0.15) is 6.17 Å². The smallest absolute Gasteiger partial charge is 0.146 e. The Bertz CT molecular complexity index is 798. The molecule has 5 heteroatoms. The van der Waals surface area contributed by atoms with Crippen molar-refractivity contribution in [2.45, 2.75) is 32.4 Å². The van der Waals surface area contributed by atoms with Crippen LogP contribution < -0.4 is 0 Å². The van der Waals surface area contributed by atoms with E-state index >= 15 is 0 Å². The molecule has 0 aromatic heterocycles. The highest BCUT2D eigenvalue weighted by Crippen LogP contribution is 2.30. The number of nitrogens with zero attached hydrogens (tertiary/aromatic N) is 2. The summed E-state index contributed by atoms with van der Waals surface area (Å²) < 4.78 is 0. The Morgan fingerprint density at radius 1 is 0.962 bits per heavy atom. The van der Waals surface area contributed by atoms with E-state index in [1.165, 1.54) is 0 Å². The second-order valence-corrected chi connectivity index (χ2v) is 7.06. The van der Waals surface area contributed by atoms with Gasteiger partial charge in [0.05, 0.1) is 18.5 Å². The summed E-state index contributed by atoms with van der Waals surface area (Å²) >= 11 is 12.1. The third-order valence-corrected chi connectivity index (χ3v) is 4.87. The number of allylic oxidation sites excluding steroid dienone is 1. The molecule has 0 spiro atoms. The van der Waals surface area contributed by atoms with Gasteiger partial charge < -0.3 is 0 Å². The molecule has 26 heavy (non-hydrogen) atoms. The van der Waals surface area contributed by atoms with Gasteiger partial charge in [-0.1, -0.05) is 60.8 Å². The van der Waals surface area contributed by atoms with Crippen LogP contribution in [-0.2, 0) is 4.84 Å². The van der Waals surface area contributed by atoms with Crippen LogP contribution in [0.2, 0.25) is 10.0 Å². The topological polar surface area (TPSA) is 24.8 Å². The van der Waals surface area contributed by atoms with Gasteiger partial charge in [0.15, 0.2) is 0 Å². The number of hydrogen-bond donors (Lipinski definition) is 0. The van der Waals surface area contributed by atoms with Gasteiger partial charge in [0.2, 0.25) is 0 Å². The lowest BCUT2D eigenvalue weighted by atomic mass is 10.0. The summed E-state index contributed by atoms with van der Waals surface area (Å²) in [6.07, 6.45) is 5.10. The quantitative estimate of drug-likeness (QED) is 0.586. The van der Waals surface area contributed by atoms with E-state index in [2.05, 4.69) is 13.0 Å². The molecule has 1 aliphatic rings. The normalized spacial score (nSPS) is 17.1. The first-order valence-electron chi connectivity index (χ1n) is 8.77. The minimum atomic E-state index is -0.0682. The fourth-order valence-corrected chi connectivity index (χ4v) is 3.25. The third-order valence-electron chi connectivity index (χ3n) is 4.36. The van der Waals surface area contributed by atoms with Gasteiger partial charge >= 0.3 is 0 Å². The lowest BCUT2D eigenvalue weighted by molar-refractivity contribution is -0.109. The Hall–Kier alpha value is -1.81. The molecule has 0 N–H and O–H groups in total. The first-order chi connectivity index (χ1) is 12.6. The average molecular weight is 389 g/mol. The Kier molecular flexibility index (Phi) is 6.36. The molecular formula is C21H22Cl2N2O. The largest absolute Gasteiger partial charge is 0.275 e. The van der Waals surface area contributed by atoms with E-state index in [0.717, 1.165) is 41.8 Å². The lowest BCUT2D eigenvalue weighted by Gasteiger charge is -2.34. The molecule has 0 bridgehead atoms. The first kappa shape index (κ1) is 19.0. The Morgan fingerprint density at radius 3 is 2.08 bits per heavy atom. The van der Waals surface area contributed by atoms with Crippen molar-refractivity contribution in [1.29, 1.82) is 0 Å². The maximum Gasteiger partial charge on any atom is 0.146 e. The predicted octanol–water partition coefficient (Wildman–Crippen LogP) is 6.22. The average Bonchev–Trinajstić information content (AvgIpc) is 2.66. The van der Waals surface area contributed by atoms with Gasteiger partial charge in [-0.2, -0.15) is 0 Å². The van der Waals surface area contributed by atoms with Crippen LogP contribution in [0, 0.1) is 0 Å². The second-order valence-electron chi connectivity index (χ2n) is 6.19. The molecule has 0 radical (unpaired) electrons. The van der Waals surface area contributed by atoms with Crippen LogP contribution >= 0.6 is 23.2 Å². The van der Waals surface area contributed by atoms with Crippen molar-refractivity contribution in [3.05, 3.63) is 75.8 Å². The van der Waals surface area contributed by atoms with Gasteiger partial charge in [0, 0.05) is 15.6 Å². The monoisotopic (exact) mass is 388 g/mol. The maximum atomic E-state index is 6.06. The number of halogens is 2. The Labute approximate surface area is 164 Å². The van der Waals surface area contributed by atoms with Crippen LogP contribution in [0.15, 0.2) is 59.6 Å². The van der Waals surface area contributed by atoms with E-state index in [0.29, 0.717) is 10.0 Å². The summed E-state index contributed by atoms with van der Waals surface area (Å²) in [5, 5.41) is 3.31. The molecule has 1 aliphatic heterocycles. The lowest BCUT2D eigenvalue weighted by Crippen LogP contribution is -2.35. The molecule has 3 nitrogen and oxygen atoms in total. The van der Waals surface area contributed by atoms with E-state index in [-0.39, 0.29) is 6.17 Å². The van der Waals surface area contributed by atoms with E-state index < -0.39 is 0 Å². The fraction of sp³-hybridized carbons (Fsp3) is 0.286. The van der Waals surface area contributed by atoms with Crippen molar-refractivity contribution in [1.82, 2.24) is 5.06 Å². The van der Waals surface area contributed by atoms with Crippen molar-refractivity contribution in [2.75, 3.05) is 7.11 Å². The van der Waals surface area contributed by atoms with Gasteiger partial charge in [-0.05, 0) is 48.7 Å². The number of rotatable bonds is 6. The van der Waals surface area contributed by atoms with Crippen LogP contribution in [0.5, 0.6) is 0 Å². The highest BCUT2D eigenvalue weighted by atomic mass is 35.5. The first-order valence-corrected chi connectivity index (χ1v) is 9.52. The van der Waals surface area contributed by atoms with E-state index in [1.807, 2.05) is 53.6 Å². The minimum absolute atomic E-state index is 0.0682. The number of hydroxylamine groups is 2. The minimum Gasteiger partial charge on any atom is -0.275 e. The third kappa shape index (κ3) is 4.29. The van der Waals surface area contributed by atoms with Crippen LogP contribution in [0.4, 0.5) is 0 Å². The molecule has 0 amide bonds. The molecule has 0 fully saturated rings. The highest BCUT2D eigenvalue weighted by Gasteiger charge is 2.26. The molecule has 1 heterocycles. The maximum absolute atomic E-state index is 6.06. The number of benzene rings is 2. The summed E-state index contributed by atoms with van der Waals surface area (Å²) in [5.41, 5.74) is 3.99. The van der Waals surface area contributed by atoms with Crippen molar-refractivity contribution >= 4 is 34.6 Å². The zero-order chi connectivity index (χ0) is 18.5. The Morgan fingerprint density at radius 2 is 1.54 bits per heavy atom. The SMILES string of the molecule is CCCCC1N=C(c2ccc(Cl)cc2)C=C(c2ccc(Cl)cc2)N1OC.